The van der Waals surface area contributed by atoms with E-state index in [4.69, 9.17) is 0 Å². The van der Waals surface area contributed by atoms with E-state index in [9.17, 15) is 0 Å². The van der Waals surface area contributed by atoms with E-state index in [0.29, 0.717) is 12.6 Å². The van der Waals surface area contributed by atoms with Gasteiger partial charge in [-0.15, -0.1) is 11.3 Å². The fourth-order valence-corrected chi connectivity index (χ4v) is 4.33. The van der Waals surface area contributed by atoms with E-state index in [1.54, 1.807) is 0 Å². The molecule has 0 bridgehead atoms. The molecule has 6 nitrogen and oxygen atoms in total. The van der Waals surface area contributed by atoms with Gasteiger partial charge in [0.15, 0.2) is 5.96 Å². The third-order valence-electron chi connectivity index (χ3n) is 5.06. The van der Waals surface area contributed by atoms with Crippen molar-refractivity contribution >= 4 is 27.9 Å². The first-order valence-corrected chi connectivity index (χ1v) is 10.3. The van der Waals surface area contributed by atoms with Crippen molar-refractivity contribution in [2.75, 3.05) is 25.0 Å². The standard InChI is InChI=1S/C20H26N6S/c1-15-5-3-6-18-23-17(14-26(15)18)13-22-20(21-2)24-16-8-10-25(11-9-16)19-7-4-12-27-19/h3-7,12,14,16H,8-11,13H2,1-2H3,(H2,21,22,24). The van der Waals surface area contributed by atoms with E-state index in [1.807, 2.05) is 30.5 Å². The number of guanidine groups is 1. The number of rotatable bonds is 4. The molecule has 27 heavy (non-hydrogen) atoms. The van der Waals surface area contributed by atoms with Crippen LogP contribution in [0.2, 0.25) is 0 Å². The van der Waals surface area contributed by atoms with Gasteiger partial charge in [0, 0.05) is 38.1 Å². The average molecular weight is 383 g/mol. The summed E-state index contributed by atoms with van der Waals surface area (Å²) in [6, 6.07) is 10.9. The minimum atomic E-state index is 0.454. The summed E-state index contributed by atoms with van der Waals surface area (Å²) in [6.07, 6.45) is 4.32. The second-order valence-corrected chi connectivity index (χ2v) is 7.84. The van der Waals surface area contributed by atoms with Crippen LogP contribution < -0.4 is 15.5 Å². The molecule has 1 fully saturated rings. The molecule has 1 saturated heterocycles. The summed E-state index contributed by atoms with van der Waals surface area (Å²) in [6.45, 7) is 4.92. The van der Waals surface area contributed by atoms with Gasteiger partial charge in [0.1, 0.15) is 5.65 Å². The first-order valence-electron chi connectivity index (χ1n) is 9.42. The number of aryl methyl sites for hydroxylation is 1. The van der Waals surface area contributed by atoms with Crippen LogP contribution >= 0.6 is 11.3 Å². The molecule has 0 unspecified atom stereocenters. The summed E-state index contributed by atoms with van der Waals surface area (Å²) in [7, 11) is 1.82. The third-order valence-corrected chi connectivity index (χ3v) is 5.99. The molecule has 0 aliphatic carbocycles. The Kier molecular flexibility index (Phi) is 5.29. The van der Waals surface area contributed by atoms with Crippen LogP contribution in [0.4, 0.5) is 5.00 Å². The molecule has 0 radical (unpaired) electrons. The van der Waals surface area contributed by atoms with Crippen molar-refractivity contribution < 1.29 is 0 Å². The summed E-state index contributed by atoms with van der Waals surface area (Å²) in [5.41, 5.74) is 3.18. The zero-order chi connectivity index (χ0) is 18.6. The van der Waals surface area contributed by atoms with Crippen LogP contribution in [0.3, 0.4) is 0 Å². The predicted octanol–water partition coefficient (Wildman–Crippen LogP) is 3.04. The Morgan fingerprint density at radius 2 is 2.11 bits per heavy atom. The number of nitrogens with one attached hydrogen (secondary N) is 2. The smallest absolute Gasteiger partial charge is 0.191 e. The number of fused-ring (bicyclic) bond motifs is 1. The lowest BCUT2D eigenvalue weighted by Gasteiger charge is -2.33. The Labute approximate surface area is 164 Å². The van der Waals surface area contributed by atoms with Gasteiger partial charge in [-0.2, -0.15) is 0 Å². The van der Waals surface area contributed by atoms with Gasteiger partial charge in [0.25, 0.3) is 0 Å². The normalized spacial score (nSPS) is 16.1. The van der Waals surface area contributed by atoms with Gasteiger partial charge in [-0.1, -0.05) is 6.07 Å². The molecular weight excluding hydrogens is 356 g/mol. The van der Waals surface area contributed by atoms with Crippen molar-refractivity contribution in [3.05, 3.63) is 53.3 Å². The molecule has 0 aromatic carbocycles. The maximum atomic E-state index is 4.68. The fourth-order valence-electron chi connectivity index (χ4n) is 3.54. The van der Waals surface area contributed by atoms with Crippen LogP contribution in [-0.2, 0) is 6.54 Å². The lowest BCUT2D eigenvalue weighted by atomic mass is 10.1. The molecular formula is C20H26N6S. The van der Waals surface area contributed by atoms with Crippen molar-refractivity contribution in [1.82, 2.24) is 20.0 Å². The highest BCUT2D eigenvalue weighted by Crippen LogP contribution is 2.24. The Balaban J connectivity index is 1.30. The molecule has 0 spiro atoms. The number of thiophene rings is 1. The van der Waals surface area contributed by atoms with Crippen LogP contribution in [-0.4, -0.2) is 41.5 Å². The molecule has 1 aliphatic heterocycles. The number of pyridine rings is 1. The van der Waals surface area contributed by atoms with E-state index in [-0.39, 0.29) is 0 Å². The van der Waals surface area contributed by atoms with Gasteiger partial charge in [0.2, 0.25) is 0 Å². The van der Waals surface area contributed by atoms with Crippen molar-refractivity contribution in [2.45, 2.75) is 32.4 Å². The van der Waals surface area contributed by atoms with Gasteiger partial charge in [-0.3, -0.25) is 4.99 Å². The van der Waals surface area contributed by atoms with Gasteiger partial charge in [-0.25, -0.2) is 4.98 Å². The Morgan fingerprint density at radius 1 is 1.26 bits per heavy atom. The fraction of sp³-hybridized carbons (Fsp3) is 0.400. The van der Waals surface area contributed by atoms with Gasteiger partial charge < -0.3 is 19.9 Å². The summed E-state index contributed by atoms with van der Waals surface area (Å²) < 4.78 is 2.12. The Bertz CT molecular complexity index is 906. The van der Waals surface area contributed by atoms with Gasteiger partial charge >= 0.3 is 0 Å². The zero-order valence-electron chi connectivity index (χ0n) is 15.9. The van der Waals surface area contributed by atoms with Gasteiger partial charge in [-0.05, 0) is 49.4 Å². The summed E-state index contributed by atoms with van der Waals surface area (Å²) in [4.78, 5) is 11.5. The number of imidazole rings is 1. The second-order valence-electron chi connectivity index (χ2n) is 6.91. The van der Waals surface area contributed by atoms with Crippen molar-refractivity contribution in [3.63, 3.8) is 0 Å². The van der Waals surface area contributed by atoms with Crippen LogP contribution in [0.5, 0.6) is 0 Å². The molecule has 3 aromatic rings. The highest BCUT2D eigenvalue weighted by atomic mass is 32.1. The molecule has 1 aliphatic rings. The minimum Gasteiger partial charge on any atom is -0.363 e. The van der Waals surface area contributed by atoms with E-state index >= 15 is 0 Å². The zero-order valence-corrected chi connectivity index (χ0v) is 16.7. The highest BCUT2D eigenvalue weighted by molar-refractivity contribution is 7.14. The average Bonchev–Trinajstić information content (AvgIpc) is 3.36. The largest absolute Gasteiger partial charge is 0.363 e. The Hall–Kier alpha value is -2.54. The van der Waals surface area contributed by atoms with Crippen molar-refractivity contribution in [3.8, 4) is 0 Å². The number of aromatic nitrogens is 2. The molecule has 4 rings (SSSR count). The summed E-state index contributed by atoms with van der Waals surface area (Å²) in [5, 5.41) is 10.5. The number of piperidine rings is 1. The second kappa shape index (κ2) is 8.00. The molecule has 0 amide bonds. The van der Waals surface area contributed by atoms with Crippen LogP contribution in [0.25, 0.3) is 5.65 Å². The third kappa shape index (κ3) is 4.08. The lowest BCUT2D eigenvalue weighted by molar-refractivity contribution is 0.462. The predicted molar refractivity (Wildman–Crippen MR) is 113 cm³/mol. The quantitative estimate of drug-likeness (QED) is 0.538. The molecule has 3 aromatic heterocycles. The van der Waals surface area contributed by atoms with E-state index in [1.165, 1.54) is 10.7 Å². The van der Waals surface area contributed by atoms with Crippen LogP contribution in [0, 0.1) is 6.92 Å². The maximum absolute atomic E-state index is 4.68. The molecule has 0 saturated carbocycles. The molecule has 4 heterocycles. The lowest BCUT2D eigenvalue weighted by Crippen LogP contribution is -2.48. The number of aliphatic imine (C=N–C) groups is 1. The van der Waals surface area contributed by atoms with E-state index in [0.717, 1.165) is 43.2 Å². The van der Waals surface area contributed by atoms with Crippen molar-refractivity contribution in [1.29, 1.82) is 0 Å². The molecule has 2 N–H and O–H groups in total. The number of hydrogen-bond donors (Lipinski definition) is 2. The first kappa shape index (κ1) is 17.9. The summed E-state index contributed by atoms with van der Waals surface area (Å²) >= 11 is 1.82. The van der Waals surface area contributed by atoms with Crippen LogP contribution in [0.15, 0.2) is 46.9 Å². The maximum Gasteiger partial charge on any atom is 0.191 e. The topological polar surface area (TPSA) is 57.0 Å². The van der Waals surface area contributed by atoms with Crippen LogP contribution in [0.1, 0.15) is 24.2 Å². The monoisotopic (exact) mass is 382 g/mol. The van der Waals surface area contributed by atoms with E-state index < -0.39 is 0 Å². The Morgan fingerprint density at radius 3 is 2.81 bits per heavy atom. The van der Waals surface area contributed by atoms with E-state index in [2.05, 4.69) is 66.6 Å². The molecule has 0 atom stereocenters. The summed E-state index contributed by atoms with van der Waals surface area (Å²) in [5.74, 6) is 0.846. The van der Waals surface area contributed by atoms with Gasteiger partial charge in [0.05, 0.1) is 17.2 Å². The van der Waals surface area contributed by atoms with Crippen molar-refractivity contribution in [2.24, 2.45) is 4.99 Å². The molecule has 142 valence electrons. The highest BCUT2D eigenvalue weighted by Gasteiger charge is 2.20. The minimum absolute atomic E-state index is 0.454. The number of hydrogen-bond acceptors (Lipinski definition) is 4. The SMILES string of the molecule is CN=C(NCc1cn2c(C)cccc2n1)NC1CCN(c2cccs2)CC1. The number of nitrogens with zero attached hydrogens (tertiary/aromatic N) is 4. The number of anilines is 1. The first-order chi connectivity index (χ1) is 13.2. The molecule has 7 heteroatoms.